The summed E-state index contributed by atoms with van der Waals surface area (Å²) in [4.78, 5) is 33.2. The van der Waals surface area contributed by atoms with Crippen LogP contribution >= 0.6 is 0 Å². The molecule has 0 aliphatic heterocycles. The maximum absolute atomic E-state index is 11.5. The topological polar surface area (TPSA) is 81.7 Å². The van der Waals surface area contributed by atoms with Crippen LogP contribution in [0, 0.1) is 0 Å². The smallest absolute Gasteiger partial charge is 0.220 e. The molecule has 0 heterocycles. The fraction of sp³-hybridized carbons (Fsp3) is 0.850. The van der Waals surface area contributed by atoms with E-state index in [9.17, 15) is 14.4 Å². The zero-order valence-corrected chi connectivity index (χ0v) is 17.8. The number of Topliss-reactive ketones (excluding diaryl/α,β-unsaturated/α-hetero) is 2. The lowest BCUT2D eigenvalue weighted by Gasteiger charge is -2.26. The molecule has 0 aromatic heterocycles. The van der Waals surface area contributed by atoms with E-state index in [1.807, 2.05) is 34.6 Å². The molecule has 0 rings (SSSR count). The average Bonchev–Trinajstić information content (AvgIpc) is 2.56. The SMILES string of the molecule is CC.CC(=O)CCC(=O)NCCOC(C)(C)CCOC(C)CCC(C)=O. The fourth-order valence-electron chi connectivity index (χ4n) is 1.96. The van der Waals surface area contributed by atoms with Gasteiger partial charge in [0.25, 0.3) is 0 Å². The molecule has 0 aliphatic rings. The van der Waals surface area contributed by atoms with Crippen LogP contribution in [0.25, 0.3) is 0 Å². The van der Waals surface area contributed by atoms with E-state index in [0.717, 1.165) is 12.8 Å². The van der Waals surface area contributed by atoms with Gasteiger partial charge < -0.3 is 24.4 Å². The van der Waals surface area contributed by atoms with Gasteiger partial charge >= 0.3 is 0 Å². The Morgan fingerprint density at radius 2 is 1.54 bits per heavy atom. The number of hydrogen-bond acceptors (Lipinski definition) is 5. The Morgan fingerprint density at radius 1 is 0.962 bits per heavy atom. The highest BCUT2D eigenvalue weighted by Crippen LogP contribution is 2.15. The normalized spacial score (nSPS) is 12.0. The average molecular weight is 374 g/mol. The van der Waals surface area contributed by atoms with Crippen molar-refractivity contribution in [1.29, 1.82) is 0 Å². The zero-order valence-electron chi connectivity index (χ0n) is 17.8. The molecule has 0 spiro atoms. The second-order valence-electron chi connectivity index (χ2n) is 6.83. The second kappa shape index (κ2) is 15.9. The van der Waals surface area contributed by atoms with Crippen LogP contribution < -0.4 is 5.32 Å². The lowest BCUT2D eigenvalue weighted by molar-refractivity contribution is -0.125. The summed E-state index contributed by atoms with van der Waals surface area (Å²) in [6.07, 6.45) is 2.58. The monoisotopic (exact) mass is 373 g/mol. The number of rotatable bonds is 14. The molecular weight excluding hydrogens is 334 g/mol. The van der Waals surface area contributed by atoms with Crippen LogP contribution in [0.3, 0.4) is 0 Å². The number of ketones is 2. The second-order valence-corrected chi connectivity index (χ2v) is 6.83. The molecule has 1 amide bonds. The van der Waals surface area contributed by atoms with Crippen molar-refractivity contribution < 1.29 is 23.9 Å². The first-order valence-corrected chi connectivity index (χ1v) is 9.63. The van der Waals surface area contributed by atoms with Gasteiger partial charge in [-0.2, -0.15) is 0 Å². The number of amides is 1. The predicted octanol–water partition coefficient (Wildman–Crippen LogP) is 3.46. The molecular formula is C20H39NO5. The van der Waals surface area contributed by atoms with Crippen LogP contribution in [0.5, 0.6) is 0 Å². The summed E-state index contributed by atoms with van der Waals surface area (Å²) < 4.78 is 11.5. The molecule has 1 atom stereocenters. The van der Waals surface area contributed by atoms with Gasteiger partial charge in [0.15, 0.2) is 0 Å². The first-order chi connectivity index (χ1) is 12.1. The largest absolute Gasteiger partial charge is 0.378 e. The summed E-state index contributed by atoms with van der Waals surface area (Å²) in [5.74, 6) is 0.0637. The van der Waals surface area contributed by atoms with E-state index in [-0.39, 0.29) is 42.0 Å². The van der Waals surface area contributed by atoms with Crippen molar-refractivity contribution in [3.05, 3.63) is 0 Å². The van der Waals surface area contributed by atoms with Crippen LogP contribution in [0.15, 0.2) is 0 Å². The molecule has 0 aromatic carbocycles. The Hall–Kier alpha value is -1.27. The number of nitrogens with one attached hydrogen (secondary N) is 1. The van der Waals surface area contributed by atoms with Gasteiger partial charge in [-0.25, -0.2) is 0 Å². The number of hydrogen-bond donors (Lipinski definition) is 1. The van der Waals surface area contributed by atoms with E-state index in [4.69, 9.17) is 9.47 Å². The minimum absolute atomic E-state index is 0.0139. The molecule has 154 valence electrons. The maximum atomic E-state index is 11.5. The molecule has 26 heavy (non-hydrogen) atoms. The van der Waals surface area contributed by atoms with Gasteiger partial charge in [0, 0.05) is 32.4 Å². The van der Waals surface area contributed by atoms with E-state index in [2.05, 4.69) is 5.32 Å². The Balaban J connectivity index is 0. The first-order valence-electron chi connectivity index (χ1n) is 9.63. The van der Waals surface area contributed by atoms with Gasteiger partial charge in [-0.1, -0.05) is 13.8 Å². The highest BCUT2D eigenvalue weighted by molar-refractivity contribution is 5.83. The van der Waals surface area contributed by atoms with E-state index in [1.165, 1.54) is 6.92 Å². The first kappa shape index (κ1) is 27.0. The molecule has 0 aliphatic carbocycles. The van der Waals surface area contributed by atoms with Gasteiger partial charge in [0.1, 0.15) is 11.6 Å². The molecule has 1 unspecified atom stereocenters. The molecule has 0 saturated carbocycles. The van der Waals surface area contributed by atoms with Gasteiger partial charge in [-0.3, -0.25) is 4.79 Å². The van der Waals surface area contributed by atoms with Crippen molar-refractivity contribution >= 4 is 17.5 Å². The molecule has 6 nitrogen and oxygen atoms in total. The molecule has 6 heteroatoms. The van der Waals surface area contributed by atoms with Gasteiger partial charge in [-0.05, 0) is 47.5 Å². The maximum Gasteiger partial charge on any atom is 0.220 e. The van der Waals surface area contributed by atoms with Gasteiger partial charge in [0.05, 0.1) is 18.3 Å². The standard InChI is InChI=1S/C18H33NO5.C2H6/c1-14(20)6-8-16(3)23-12-10-18(4,5)24-13-11-19-17(22)9-7-15(2)21;1-2/h16H,6-13H2,1-5H3,(H,19,22);1-2H3. The van der Waals surface area contributed by atoms with E-state index in [0.29, 0.717) is 26.2 Å². The van der Waals surface area contributed by atoms with Crippen molar-refractivity contribution in [2.75, 3.05) is 19.8 Å². The summed E-state index contributed by atoms with van der Waals surface area (Å²) in [5, 5.41) is 2.73. The third kappa shape index (κ3) is 19.1. The van der Waals surface area contributed by atoms with Crippen LogP contribution in [0.4, 0.5) is 0 Å². The van der Waals surface area contributed by atoms with Crippen molar-refractivity contribution in [2.45, 2.75) is 92.3 Å². The van der Waals surface area contributed by atoms with E-state index >= 15 is 0 Å². The lowest BCUT2D eigenvalue weighted by atomic mass is 10.1. The number of carbonyl (C=O) groups excluding carboxylic acids is 3. The Bertz CT molecular complexity index is 407. The van der Waals surface area contributed by atoms with Crippen LogP contribution in [-0.2, 0) is 23.9 Å². The van der Waals surface area contributed by atoms with E-state index < -0.39 is 0 Å². The highest BCUT2D eigenvalue weighted by Gasteiger charge is 2.18. The zero-order chi connectivity index (χ0) is 20.6. The van der Waals surface area contributed by atoms with Crippen LogP contribution in [0.1, 0.15) is 80.6 Å². The minimum atomic E-state index is -0.343. The Labute approximate surface area is 159 Å². The minimum Gasteiger partial charge on any atom is -0.378 e. The highest BCUT2D eigenvalue weighted by atomic mass is 16.5. The molecule has 0 radical (unpaired) electrons. The summed E-state index contributed by atoms with van der Waals surface area (Å²) >= 11 is 0. The number of ether oxygens (including phenoxy) is 2. The fourth-order valence-corrected chi connectivity index (χ4v) is 1.96. The van der Waals surface area contributed by atoms with Gasteiger partial charge in [0.2, 0.25) is 5.91 Å². The summed E-state index contributed by atoms with van der Waals surface area (Å²) in [7, 11) is 0. The van der Waals surface area contributed by atoms with Gasteiger partial charge in [-0.15, -0.1) is 0 Å². The summed E-state index contributed by atoms with van der Waals surface area (Å²) in [5.41, 5.74) is -0.343. The summed E-state index contributed by atoms with van der Waals surface area (Å²) in [6.45, 7) is 14.4. The summed E-state index contributed by atoms with van der Waals surface area (Å²) in [6, 6.07) is 0. The quantitative estimate of drug-likeness (QED) is 0.472. The predicted molar refractivity (Wildman–Crippen MR) is 104 cm³/mol. The van der Waals surface area contributed by atoms with E-state index in [1.54, 1.807) is 6.92 Å². The molecule has 1 N–H and O–H groups in total. The lowest BCUT2D eigenvalue weighted by Crippen LogP contribution is -2.33. The molecule has 0 saturated heterocycles. The molecule has 0 aromatic rings. The molecule has 0 bridgehead atoms. The van der Waals surface area contributed by atoms with Crippen molar-refractivity contribution in [3.63, 3.8) is 0 Å². The third-order valence-corrected chi connectivity index (χ3v) is 3.63. The Morgan fingerprint density at radius 3 is 2.08 bits per heavy atom. The molecule has 0 fully saturated rings. The number of carbonyl (C=O) groups is 3. The van der Waals surface area contributed by atoms with Crippen molar-refractivity contribution in [2.24, 2.45) is 0 Å². The Kier molecular flexibility index (Phi) is 16.5. The van der Waals surface area contributed by atoms with Crippen molar-refractivity contribution in [3.8, 4) is 0 Å². The van der Waals surface area contributed by atoms with Crippen molar-refractivity contribution in [1.82, 2.24) is 5.32 Å². The third-order valence-electron chi connectivity index (χ3n) is 3.63. The van der Waals surface area contributed by atoms with Crippen LogP contribution in [-0.4, -0.2) is 48.9 Å². The van der Waals surface area contributed by atoms with Crippen LogP contribution in [0.2, 0.25) is 0 Å².